The van der Waals surface area contributed by atoms with E-state index in [0.717, 1.165) is 19.3 Å². The summed E-state index contributed by atoms with van der Waals surface area (Å²) >= 11 is 0. The van der Waals surface area contributed by atoms with Crippen LogP contribution < -0.4 is 0 Å². The fourth-order valence-electron chi connectivity index (χ4n) is 3.85. The van der Waals surface area contributed by atoms with Gasteiger partial charge in [0.05, 0.1) is 0 Å². The van der Waals surface area contributed by atoms with Gasteiger partial charge >= 0.3 is 5.97 Å². The molecule has 1 aromatic carbocycles. The topological polar surface area (TPSA) is 40.5 Å². The Morgan fingerprint density at radius 2 is 2.05 bits per heavy atom. The lowest BCUT2D eigenvalue weighted by Gasteiger charge is -2.33. The van der Waals surface area contributed by atoms with Crippen LogP contribution in [0.4, 0.5) is 4.39 Å². The number of carboxylic acid groups (broad SMARTS) is 1. The minimum atomic E-state index is -0.768. The quantitative estimate of drug-likeness (QED) is 0.923. The fourth-order valence-corrected chi connectivity index (χ4v) is 3.85. The van der Waals surface area contributed by atoms with Gasteiger partial charge in [0.25, 0.3) is 0 Å². The number of rotatable bonds is 3. The second kappa shape index (κ2) is 5.52. The van der Waals surface area contributed by atoms with Crippen LogP contribution in [0.5, 0.6) is 0 Å². The molecule has 0 radical (unpaired) electrons. The summed E-state index contributed by atoms with van der Waals surface area (Å²) in [5, 5.41) is 9.44. The highest BCUT2D eigenvalue weighted by molar-refractivity contribution is 5.74. The second-order valence-electron chi connectivity index (χ2n) is 5.97. The highest BCUT2D eigenvalue weighted by Crippen LogP contribution is 2.40. The summed E-state index contributed by atoms with van der Waals surface area (Å²) in [5.41, 5.74) is 0.602. The molecule has 1 heterocycles. The molecular weight excluding hydrogens is 257 g/mol. The number of benzene rings is 1. The molecular formula is C16H20FNO2. The van der Waals surface area contributed by atoms with Crippen LogP contribution in [-0.2, 0) is 11.3 Å². The largest absolute Gasteiger partial charge is 0.480 e. The normalized spacial score (nSPS) is 30.1. The summed E-state index contributed by atoms with van der Waals surface area (Å²) in [5.74, 6) is -0.539. The zero-order valence-electron chi connectivity index (χ0n) is 11.5. The Labute approximate surface area is 118 Å². The molecule has 3 atom stereocenters. The monoisotopic (exact) mass is 277 g/mol. The van der Waals surface area contributed by atoms with Gasteiger partial charge in [-0.1, -0.05) is 31.0 Å². The third kappa shape index (κ3) is 2.44. The number of hydrogen-bond donors (Lipinski definition) is 1. The zero-order chi connectivity index (χ0) is 14.1. The third-order valence-electron chi connectivity index (χ3n) is 4.82. The van der Waals surface area contributed by atoms with E-state index in [9.17, 15) is 14.3 Å². The van der Waals surface area contributed by atoms with E-state index in [0.29, 0.717) is 30.5 Å². The standard InChI is InChI=1S/C16H20FNO2/c17-13-7-3-1-6-12(13)10-18-14-8-4-2-5-11(14)9-15(18)16(19)20/h1,3,6-7,11,14-15H,2,4-5,8-10H2,(H,19,20)/t11-,14-,15+/m1/s1. The molecule has 3 rings (SSSR count). The van der Waals surface area contributed by atoms with Gasteiger partial charge in [0, 0.05) is 18.2 Å². The van der Waals surface area contributed by atoms with Crippen LogP contribution in [-0.4, -0.2) is 28.1 Å². The maximum Gasteiger partial charge on any atom is 0.320 e. The number of aliphatic carboxylic acids is 1. The molecule has 4 heteroatoms. The minimum Gasteiger partial charge on any atom is -0.480 e. The minimum absolute atomic E-state index is 0.240. The van der Waals surface area contributed by atoms with Crippen molar-refractivity contribution in [1.82, 2.24) is 4.90 Å². The molecule has 0 amide bonds. The van der Waals surface area contributed by atoms with Crippen LogP contribution in [0.3, 0.4) is 0 Å². The predicted octanol–water partition coefficient (Wildman–Crippen LogP) is 3.04. The van der Waals surface area contributed by atoms with Gasteiger partial charge in [-0.15, -0.1) is 0 Å². The molecule has 1 aliphatic heterocycles. The molecule has 1 saturated carbocycles. The lowest BCUT2D eigenvalue weighted by Crippen LogP contribution is -2.41. The van der Waals surface area contributed by atoms with E-state index in [2.05, 4.69) is 0 Å². The molecule has 0 unspecified atom stereocenters. The van der Waals surface area contributed by atoms with Gasteiger partial charge in [0.1, 0.15) is 11.9 Å². The number of halogens is 1. The first kappa shape index (κ1) is 13.6. The van der Waals surface area contributed by atoms with Gasteiger partial charge in [0.15, 0.2) is 0 Å². The van der Waals surface area contributed by atoms with Crippen LogP contribution in [0.15, 0.2) is 24.3 Å². The maximum absolute atomic E-state index is 13.8. The van der Waals surface area contributed by atoms with Crippen LogP contribution in [0.1, 0.15) is 37.7 Å². The van der Waals surface area contributed by atoms with Crippen LogP contribution >= 0.6 is 0 Å². The lowest BCUT2D eigenvalue weighted by atomic mass is 9.84. The van der Waals surface area contributed by atoms with Crippen molar-refractivity contribution < 1.29 is 14.3 Å². The summed E-state index contributed by atoms with van der Waals surface area (Å²) < 4.78 is 13.8. The average molecular weight is 277 g/mol. The SMILES string of the molecule is O=C(O)[C@@H]1C[C@H]2CCCC[C@H]2N1Cc1ccccc1F. The van der Waals surface area contributed by atoms with E-state index < -0.39 is 12.0 Å². The van der Waals surface area contributed by atoms with E-state index in [1.807, 2.05) is 11.0 Å². The first-order valence-electron chi connectivity index (χ1n) is 7.39. The summed E-state index contributed by atoms with van der Waals surface area (Å²) in [4.78, 5) is 13.5. The van der Waals surface area contributed by atoms with E-state index in [1.165, 1.54) is 12.5 Å². The number of carbonyl (C=O) groups is 1. The van der Waals surface area contributed by atoms with E-state index in [4.69, 9.17) is 0 Å². The summed E-state index contributed by atoms with van der Waals surface area (Å²) in [6, 6.07) is 6.53. The lowest BCUT2D eigenvalue weighted by molar-refractivity contribution is -0.142. The summed E-state index contributed by atoms with van der Waals surface area (Å²) in [6.45, 7) is 0.408. The Kier molecular flexibility index (Phi) is 3.74. The molecule has 2 aliphatic rings. The van der Waals surface area contributed by atoms with E-state index in [-0.39, 0.29) is 5.82 Å². The molecule has 0 bridgehead atoms. The molecule has 1 saturated heterocycles. The zero-order valence-corrected chi connectivity index (χ0v) is 11.5. The van der Waals surface area contributed by atoms with Crippen molar-refractivity contribution in [1.29, 1.82) is 0 Å². The van der Waals surface area contributed by atoms with Gasteiger partial charge < -0.3 is 5.11 Å². The molecule has 2 fully saturated rings. The smallest absolute Gasteiger partial charge is 0.320 e. The van der Waals surface area contributed by atoms with Crippen molar-refractivity contribution in [3.8, 4) is 0 Å². The molecule has 0 aromatic heterocycles. The molecule has 1 N–H and O–H groups in total. The fraction of sp³-hybridized carbons (Fsp3) is 0.562. The Morgan fingerprint density at radius 3 is 2.80 bits per heavy atom. The number of hydrogen-bond acceptors (Lipinski definition) is 2. The van der Waals surface area contributed by atoms with Crippen molar-refractivity contribution in [2.45, 2.75) is 50.7 Å². The summed E-state index contributed by atoms with van der Waals surface area (Å²) in [7, 11) is 0. The molecule has 20 heavy (non-hydrogen) atoms. The average Bonchev–Trinajstić information content (AvgIpc) is 2.81. The first-order chi connectivity index (χ1) is 9.66. The van der Waals surface area contributed by atoms with Crippen LogP contribution in [0, 0.1) is 11.7 Å². The maximum atomic E-state index is 13.8. The Hall–Kier alpha value is -1.42. The van der Waals surface area contributed by atoms with Crippen LogP contribution in [0.2, 0.25) is 0 Å². The molecule has 3 nitrogen and oxygen atoms in total. The van der Waals surface area contributed by atoms with Gasteiger partial charge in [0.2, 0.25) is 0 Å². The Balaban J connectivity index is 1.84. The number of likely N-dealkylation sites (tertiary alicyclic amines) is 1. The van der Waals surface area contributed by atoms with Gasteiger partial charge in [-0.2, -0.15) is 0 Å². The Morgan fingerprint density at radius 1 is 1.30 bits per heavy atom. The molecule has 0 spiro atoms. The second-order valence-corrected chi connectivity index (χ2v) is 5.97. The van der Waals surface area contributed by atoms with E-state index in [1.54, 1.807) is 12.1 Å². The molecule has 108 valence electrons. The van der Waals surface area contributed by atoms with Crippen molar-refractivity contribution in [2.75, 3.05) is 0 Å². The third-order valence-corrected chi connectivity index (χ3v) is 4.82. The number of fused-ring (bicyclic) bond motifs is 1. The highest BCUT2D eigenvalue weighted by Gasteiger charge is 2.45. The van der Waals surface area contributed by atoms with Crippen molar-refractivity contribution in [3.05, 3.63) is 35.6 Å². The van der Waals surface area contributed by atoms with Gasteiger partial charge in [-0.05, 0) is 31.2 Å². The predicted molar refractivity (Wildman–Crippen MR) is 73.7 cm³/mol. The number of nitrogens with zero attached hydrogens (tertiary/aromatic N) is 1. The Bertz CT molecular complexity index is 505. The molecule has 1 aliphatic carbocycles. The highest BCUT2D eigenvalue weighted by atomic mass is 19.1. The van der Waals surface area contributed by atoms with Crippen LogP contribution in [0.25, 0.3) is 0 Å². The molecule has 1 aromatic rings. The number of carboxylic acids is 1. The van der Waals surface area contributed by atoms with Crippen molar-refractivity contribution in [2.24, 2.45) is 5.92 Å². The van der Waals surface area contributed by atoms with Crippen molar-refractivity contribution >= 4 is 5.97 Å². The van der Waals surface area contributed by atoms with E-state index >= 15 is 0 Å². The summed E-state index contributed by atoms with van der Waals surface area (Å²) in [6.07, 6.45) is 5.22. The van der Waals surface area contributed by atoms with Gasteiger partial charge in [-0.25, -0.2) is 4.39 Å². The van der Waals surface area contributed by atoms with Gasteiger partial charge in [-0.3, -0.25) is 9.69 Å². The van der Waals surface area contributed by atoms with Crippen molar-refractivity contribution in [3.63, 3.8) is 0 Å². The first-order valence-corrected chi connectivity index (χ1v) is 7.39.